The summed E-state index contributed by atoms with van der Waals surface area (Å²) in [6.45, 7) is 2.20. The molecule has 0 saturated carbocycles. The highest BCUT2D eigenvalue weighted by atomic mass is 32.2. The van der Waals surface area contributed by atoms with Gasteiger partial charge in [-0.1, -0.05) is 24.3 Å². The van der Waals surface area contributed by atoms with Crippen molar-refractivity contribution in [2.75, 3.05) is 18.1 Å². The van der Waals surface area contributed by atoms with E-state index in [0.717, 1.165) is 17.4 Å². The van der Waals surface area contributed by atoms with E-state index in [9.17, 15) is 17.6 Å². The molecular weight excluding hydrogens is 343 g/mol. The fraction of sp³-hybridized carbons (Fsp3) is 0.278. The Kier molecular flexibility index (Phi) is 6.27. The SMILES string of the molecule is Cc1ccccc1CN(CCC(=O)Nc1ccc(F)cc1)S(C)(=O)=O. The Bertz CT molecular complexity index is 836. The van der Waals surface area contributed by atoms with Gasteiger partial charge in [-0.15, -0.1) is 0 Å². The molecule has 25 heavy (non-hydrogen) atoms. The molecule has 0 bridgehead atoms. The third-order valence-corrected chi connectivity index (χ3v) is 5.04. The van der Waals surface area contributed by atoms with Crippen molar-refractivity contribution in [3.8, 4) is 0 Å². The number of nitrogens with zero attached hydrogens (tertiary/aromatic N) is 1. The summed E-state index contributed by atoms with van der Waals surface area (Å²) in [4.78, 5) is 12.0. The molecule has 2 rings (SSSR count). The standard InChI is InChI=1S/C18H21FN2O3S/c1-14-5-3-4-6-15(14)13-21(25(2,23)24)12-11-18(22)20-17-9-7-16(19)8-10-17/h3-10H,11-13H2,1-2H3,(H,20,22). The zero-order valence-corrected chi connectivity index (χ0v) is 15.0. The van der Waals surface area contributed by atoms with E-state index in [1.54, 1.807) is 0 Å². The Hall–Kier alpha value is -2.25. The Balaban J connectivity index is 1.99. The number of benzene rings is 2. The number of amides is 1. The Morgan fingerprint density at radius 3 is 2.36 bits per heavy atom. The van der Waals surface area contributed by atoms with Gasteiger partial charge in [0.1, 0.15) is 5.82 Å². The number of sulfonamides is 1. The Morgan fingerprint density at radius 2 is 1.76 bits per heavy atom. The molecule has 2 aromatic rings. The first kappa shape index (κ1) is 19.1. The van der Waals surface area contributed by atoms with Crippen LogP contribution in [-0.2, 0) is 21.4 Å². The minimum Gasteiger partial charge on any atom is -0.326 e. The predicted octanol–water partition coefficient (Wildman–Crippen LogP) is 2.92. The highest BCUT2D eigenvalue weighted by Gasteiger charge is 2.19. The van der Waals surface area contributed by atoms with E-state index >= 15 is 0 Å². The van der Waals surface area contributed by atoms with Crippen molar-refractivity contribution in [3.63, 3.8) is 0 Å². The van der Waals surface area contributed by atoms with Crippen molar-refractivity contribution in [2.45, 2.75) is 19.9 Å². The van der Waals surface area contributed by atoms with Gasteiger partial charge in [-0.3, -0.25) is 4.79 Å². The molecule has 0 saturated heterocycles. The molecule has 7 heteroatoms. The quantitative estimate of drug-likeness (QED) is 0.821. The molecule has 0 heterocycles. The molecule has 1 N–H and O–H groups in total. The zero-order chi connectivity index (χ0) is 18.4. The molecule has 0 atom stereocenters. The van der Waals surface area contributed by atoms with Gasteiger partial charge in [-0.2, -0.15) is 4.31 Å². The van der Waals surface area contributed by atoms with Crippen LogP contribution in [0.25, 0.3) is 0 Å². The van der Waals surface area contributed by atoms with Crippen LogP contribution < -0.4 is 5.32 Å². The average Bonchev–Trinajstić information content (AvgIpc) is 2.54. The van der Waals surface area contributed by atoms with Crippen molar-refractivity contribution in [1.29, 1.82) is 0 Å². The smallest absolute Gasteiger partial charge is 0.225 e. The van der Waals surface area contributed by atoms with Crippen LogP contribution in [-0.4, -0.2) is 31.4 Å². The number of hydrogen-bond donors (Lipinski definition) is 1. The van der Waals surface area contributed by atoms with Gasteiger partial charge >= 0.3 is 0 Å². The number of nitrogens with one attached hydrogen (secondary N) is 1. The molecular formula is C18H21FN2O3S. The van der Waals surface area contributed by atoms with E-state index in [1.165, 1.54) is 28.6 Å². The predicted molar refractivity (Wildman–Crippen MR) is 96.1 cm³/mol. The zero-order valence-electron chi connectivity index (χ0n) is 14.2. The maximum atomic E-state index is 12.9. The van der Waals surface area contributed by atoms with E-state index in [2.05, 4.69) is 5.32 Å². The number of anilines is 1. The van der Waals surface area contributed by atoms with E-state index in [0.29, 0.717) is 5.69 Å². The van der Waals surface area contributed by atoms with Crippen molar-refractivity contribution in [2.24, 2.45) is 0 Å². The van der Waals surface area contributed by atoms with Gasteiger partial charge < -0.3 is 5.32 Å². The molecule has 5 nitrogen and oxygen atoms in total. The largest absolute Gasteiger partial charge is 0.326 e. The summed E-state index contributed by atoms with van der Waals surface area (Å²) in [6.07, 6.45) is 1.14. The van der Waals surface area contributed by atoms with Crippen LogP contribution >= 0.6 is 0 Å². The van der Waals surface area contributed by atoms with Crippen molar-refractivity contribution in [1.82, 2.24) is 4.31 Å². The lowest BCUT2D eigenvalue weighted by Crippen LogP contribution is -2.32. The van der Waals surface area contributed by atoms with Crippen molar-refractivity contribution >= 4 is 21.6 Å². The van der Waals surface area contributed by atoms with Gasteiger partial charge in [-0.05, 0) is 42.3 Å². The van der Waals surface area contributed by atoms with Gasteiger partial charge in [0.15, 0.2) is 0 Å². The second-order valence-corrected chi connectivity index (χ2v) is 7.81. The highest BCUT2D eigenvalue weighted by molar-refractivity contribution is 7.88. The number of carbonyl (C=O) groups is 1. The average molecular weight is 364 g/mol. The molecule has 0 radical (unpaired) electrons. The van der Waals surface area contributed by atoms with Crippen molar-refractivity contribution < 1.29 is 17.6 Å². The molecule has 1 amide bonds. The van der Waals surface area contributed by atoms with Crippen molar-refractivity contribution in [3.05, 3.63) is 65.5 Å². The summed E-state index contributed by atoms with van der Waals surface area (Å²) in [5, 5.41) is 2.62. The molecule has 0 aliphatic heterocycles. The summed E-state index contributed by atoms with van der Waals surface area (Å²) in [6, 6.07) is 12.9. The molecule has 2 aromatic carbocycles. The maximum absolute atomic E-state index is 12.9. The van der Waals surface area contributed by atoms with Gasteiger partial charge in [0.05, 0.1) is 6.26 Å². The summed E-state index contributed by atoms with van der Waals surface area (Å²) in [7, 11) is -3.45. The fourth-order valence-electron chi connectivity index (χ4n) is 2.32. The third kappa shape index (κ3) is 5.95. The lowest BCUT2D eigenvalue weighted by molar-refractivity contribution is -0.116. The summed E-state index contributed by atoms with van der Waals surface area (Å²) < 4.78 is 38.2. The van der Waals surface area contributed by atoms with Crippen LogP contribution in [0.2, 0.25) is 0 Å². The van der Waals surface area contributed by atoms with Crippen LogP contribution in [0.1, 0.15) is 17.5 Å². The first-order valence-corrected chi connectivity index (χ1v) is 9.65. The molecule has 0 unspecified atom stereocenters. The van der Waals surface area contributed by atoms with E-state index in [-0.39, 0.29) is 31.2 Å². The fourth-order valence-corrected chi connectivity index (χ4v) is 3.12. The van der Waals surface area contributed by atoms with Crippen LogP contribution in [0.3, 0.4) is 0 Å². The topological polar surface area (TPSA) is 66.5 Å². The monoisotopic (exact) mass is 364 g/mol. The third-order valence-electron chi connectivity index (χ3n) is 3.79. The van der Waals surface area contributed by atoms with Crippen LogP contribution in [0.15, 0.2) is 48.5 Å². The number of aryl methyl sites for hydroxylation is 1. The van der Waals surface area contributed by atoms with Crippen LogP contribution in [0, 0.1) is 12.7 Å². The van der Waals surface area contributed by atoms with Gasteiger partial charge in [0.2, 0.25) is 15.9 Å². The van der Waals surface area contributed by atoms with Crippen LogP contribution in [0.5, 0.6) is 0 Å². The summed E-state index contributed by atoms with van der Waals surface area (Å²) >= 11 is 0. The Labute approximate surface area is 147 Å². The van der Waals surface area contributed by atoms with E-state index in [1.807, 2.05) is 31.2 Å². The van der Waals surface area contributed by atoms with E-state index < -0.39 is 10.0 Å². The molecule has 134 valence electrons. The second kappa shape index (κ2) is 8.22. The summed E-state index contributed by atoms with van der Waals surface area (Å²) in [5.74, 6) is -0.718. The Morgan fingerprint density at radius 1 is 1.12 bits per heavy atom. The van der Waals surface area contributed by atoms with Gasteiger partial charge in [-0.25, -0.2) is 12.8 Å². The maximum Gasteiger partial charge on any atom is 0.225 e. The summed E-state index contributed by atoms with van der Waals surface area (Å²) in [5.41, 5.74) is 2.36. The molecule has 0 aromatic heterocycles. The lowest BCUT2D eigenvalue weighted by Gasteiger charge is -2.20. The molecule has 0 fully saturated rings. The number of halogens is 1. The number of carbonyl (C=O) groups excluding carboxylic acids is 1. The number of rotatable bonds is 7. The second-order valence-electron chi connectivity index (χ2n) is 5.83. The first-order chi connectivity index (χ1) is 11.8. The normalized spacial score (nSPS) is 11.5. The van der Waals surface area contributed by atoms with E-state index in [4.69, 9.17) is 0 Å². The molecule has 0 spiro atoms. The minimum atomic E-state index is -3.45. The first-order valence-electron chi connectivity index (χ1n) is 7.81. The lowest BCUT2D eigenvalue weighted by atomic mass is 10.1. The molecule has 0 aliphatic carbocycles. The molecule has 0 aliphatic rings. The van der Waals surface area contributed by atoms with Crippen LogP contribution in [0.4, 0.5) is 10.1 Å². The number of hydrogen-bond acceptors (Lipinski definition) is 3. The minimum absolute atomic E-state index is 0.0102. The van der Waals surface area contributed by atoms with Gasteiger partial charge in [0.25, 0.3) is 0 Å². The van der Waals surface area contributed by atoms with Gasteiger partial charge in [0, 0.05) is 25.2 Å². The highest BCUT2D eigenvalue weighted by Crippen LogP contribution is 2.14.